The molecular formula is C18H31NO3. The first-order valence-corrected chi connectivity index (χ1v) is 8.00. The highest BCUT2D eigenvalue weighted by atomic mass is 16.6. The molecule has 0 heterocycles. The Bertz CT molecular complexity index is 430. The van der Waals surface area contributed by atoms with Crippen molar-refractivity contribution in [2.24, 2.45) is 0 Å². The number of hydrogen-bond donors (Lipinski definition) is 0. The summed E-state index contributed by atoms with van der Waals surface area (Å²) in [6.45, 7) is 13.3. The van der Waals surface area contributed by atoms with Gasteiger partial charge in [0.2, 0.25) is 0 Å². The summed E-state index contributed by atoms with van der Waals surface area (Å²) in [6, 6.07) is -0.112. The highest BCUT2D eigenvalue weighted by Crippen LogP contribution is 2.21. The van der Waals surface area contributed by atoms with Gasteiger partial charge in [-0.3, -0.25) is 9.69 Å². The number of carbonyl (C=O) groups is 2. The van der Waals surface area contributed by atoms with E-state index in [-0.39, 0.29) is 18.4 Å². The van der Waals surface area contributed by atoms with Gasteiger partial charge >= 0.3 is 6.09 Å². The van der Waals surface area contributed by atoms with Gasteiger partial charge in [0.1, 0.15) is 5.60 Å². The van der Waals surface area contributed by atoms with Crippen molar-refractivity contribution in [3.8, 4) is 0 Å². The Balaban J connectivity index is 5.47. The van der Waals surface area contributed by atoms with Crippen LogP contribution < -0.4 is 0 Å². The molecule has 1 amide bonds. The molecule has 0 unspecified atom stereocenters. The zero-order valence-electron chi connectivity index (χ0n) is 15.1. The predicted molar refractivity (Wildman–Crippen MR) is 90.9 cm³/mol. The Morgan fingerprint density at radius 3 is 2.14 bits per heavy atom. The maximum atomic E-state index is 12.5. The van der Waals surface area contributed by atoms with E-state index < -0.39 is 11.7 Å². The lowest BCUT2D eigenvalue weighted by Gasteiger charge is -2.33. The molecule has 0 aromatic rings. The number of allylic oxidation sites excluding steroid dienone is 2. The number of amides is 1. The van der Waals surface area contributed by atoms with Gasteiger partial charge in [0.15, 0.2) is 5.78 Å². The minimum absolute atomic E-state index is 0.0368. The van der Waals surface area contributed by atoms with E-state index in [2.05, 4.69) is 6.92 Å². The van der Waals surface area contributed by atoms with Crippen molar-refractivity contribution < 1.29 is 14.3 Å². The SMILES string of the molecule is CC=CC(=O)CN(C(=O)OC(C)(C)C)[C@H](CC)C(=CC)CC. The van der Waals surface area contributed by atoms with Gasteiger partial charge in [0, 0.05) is 0 Å². The summed E-state index contributed by atoms with van der Waals surface area (Å²) in [4.78, 5) is 26.1. The van der Waals surface area contributed by atoms with Crippen LogP contribution in [0.5, 0.6) is 0 Å². The smallest absolute Gasteiger partial charge is 0.411 e. The van der Waals surface area contributed by atoms with Crippen molar-refractivity contribution in [3.05, 3.63) is 23.8 Å². The van der Waals surface area contributed by atoms with E-state index in [1.165, 1.54) is 6.08 Å². The van der Waals surface area contributed by atoms with Gasteiger partial charge in [-0.25, -0.2) is 4.79 Å². The Hall–Kier alpha value is -1.58. The van der Waals surface area contributed by atoms with Crippen molar-refractivity contribution in [2.45, 2.75) is 73.0 Å². The van der Waals surface area contributed by atoms with Crippen LogP contribution in [0.1, 0.15) is 61.3 Å². The van der Waals surface area contributed by atoms with Crippen LogP contribution in [0.4, 0.5) is 4.79 Å². The quantitative estimate of drug-likeness (QED) is 0.513. The molecule has 0 bridgehead atoms. The minimum Gasteiger partial charge on any atom is -0.444 e. The van der Waals surface area contributed by atoms with Gasteiger partial charge < -0.3 is 4.74 Å². The zero-order valence-corrected chi connectivity index (χ0v) is 15.1. The van der Waals surface area contributed by atoms with E-state index in [9.17, 15) is 9.59 Å². The second kappa shape index (κ2) is 9.44. The lowest BCUT2D eigenvalue weighted by Crippen LogP contribution is -2.46. The summed E-state index contributed by atoms with van der Waals surface area (Å²) in [6.07, 6.45) is 6.34. The Labute approximate surface area is 135 Å². The molecule has 0 aromatic heterocycles. The van der Waals surface area contributed by atoms with E-state index in [0.717, 1.165) is 18.4 Å². The molecule has 0 N–H and O–H groups in total. The number of ketones is 1. The van der Waals surface area contributed by atoms with Gasteiger partial charge in [-0.2, -0.15) is 0 Å². The van der Waals surface area contributed by atoms with Crippen molar-refractivity contribution in [1.82, 2.24) is 4.90 Å². The third kappa shape index (κ3) is 6.92. The highest BCUT2D eigenvalue weighted by molar-refractivity contribution is 5.93. The van der Waals surface area contributed by atoms with Crippen LogP contribution in [-0.4, -0.2) is 35.0 Å². The van der Waals surface area contributed by atoms with Gasteiger partial charge in [-0.1, -0.05) is 31.6 Å². The molecule has 0 rings (SSSR count). The molecule has 0 spiro atoms. The third-order valence-electron chi connectivity index (χ3n) is 3.28. The average Bonchev–Trinajstić information content (AvgIpc) is 2.41. The Kier molecular flexibility index (Phi) is 8.76. The first kappa shape index (κ1) is 20.4. The van der Waals surface area contributed by atoms with Crippen molar-refractivity contribution in [1.29, 1.82) is 0 Å². The Morgan fingerprint density at radius 2 is 1.77 bits per heavy atom. The molecular weight excluding hydrogens is 278 g/mol. The van der Waals surface area contributed by atoms with E-state index in [4.69, 9.17) is 4.74 Å². The third-order valence-corrected chi connectivity index (χ3v) is 3.28. The number of nitrogens with zero attached hydrogens (tertiary/aromatic N) is 1. The summed E-state index contributed by atoms with van der Waals surface area (Å²) in [7, 11) is 0. The van der Waals surface area contributed by atoms with Crippen LogP contribution >= 0.6 is 0 Å². The van der Waals surface area contributed by atoms with Gasteiger partial charge in [-0.05, 0) is 53.5 Å². The molecule has 0 aliphatic rings. The zero-order chi connectivity index (χ0) is 17.3. The van der Waals surface area contributed by atoms with Crippen LogP contribution in [0.15, 0.2) is 23.8 Å². The fourth-order valence-electron chi connectivity index (χ4n) is 2.34. The second-order valence-electron chi connectivity index (χ2n) is 6.22. The molecule has 0 radical (unpaired) electrons. The molecule has 1 atom stereocenters. The van der Waals surface area contributed by atoms with Gasteiger partial charge in [-0.15, -0.1) is 0 Å². The fourth-order valence-corrected chi connectivity index (χ4v) is 2.34. The first-order chi connectivity index (χ1) is 10.2. The highest BCUT2D eigenvalue weighted by Gasteiger charge is 2.30. The second-order valence-corrected chi connectivity index (χ2v) is 6.22. The molecule has 4 nitrogen and oxygen atoms in total. The maximum absolute atomic E-state index is 12.5. The van der Waals surface area contributed by atoms with Crippen LogP contribution in [0.2, 0.25) is 0 Å². The average molecular weight is 309 g/mol. The van der Waals surface area contributed by atoms with Gasteiger partial charge in [0.25, 0.3) is 0 Å². The molecule has 0 aliphatic carbocycles. The largest absolute Gasteiger partial charge is 0.444 e. The van der Waals surface area contributed by atoms with Crippen molar-refractivity contribution >= 4 is 11.9 Å². The van der Waals surface area contributed by atoms with E-state index in [0.29, 0.717) is 0 Å². The topological polar surface area (TPSA) is 46.6 Å². The molecule has 0 fully saturated rings. The number of hydrogen-bond acceptors (Lipinski definition) is 3. The first-order valence-electron chi connectivity index (χ1n) is 8.00. The van der Waals surface area contributed by atoms with Crippen LogP contribution in [-0.2, 0) is 9.53 Å². The number of ether oxygens (including phenoxy) is 1. The van der Waals surface area contributed by atoms with E-state index in [1.54, 1.807) is 17.9 Å². The number of rotatable bonds is 7. The predicted octanol–water partition coefficient (Wildman–Crippen LogP) is 4.50. The standard InChI is InChI=1S/C18H31NO3/c1-8-12-15(20)13-19(17(21)22-18(5,6)7)16(11-4)14(9-2)10-3/h8-9,12,16H,10-11,13H2,1-7H3/t16-/m1/s1. The molecule has 0 saturated heterocycles. The van der Waals surface area contributed by atoms with Crippen molar-refractivity contribution in [2.75, 3.05) is 6.54 Å². The lowest BCUT2D eigenvalue weighted by atomic mass is 10.00. The Morgan fingerprint density at radius 1 is 1.18 bits per heavy atom. The molecule has 4 heteroatoms. The molecule has 0 aliphatic heterocycles. The van der Waals surface area contributed by atoms with Crippen LogP contribution in [0.3, 0.4) is 0 Å². The lowest BCUT2D eigenvalue weighted by molar-refractivity contribution is -0.116. The molecule has 0 saturated carbocycles. The summed E-state index contributed by atoms with van der Waals surface area (Å²) in [5.74, 6) is -0.0987. The van der Waals surface area contributed by atoms with Crippen molar-refractivity contribution in [3.63, 3.8) is 0 Å². The fraction of sp³-hybridized carbons (Fsp3) is 0.667. The van der Waals surface area contributed by atoms with E-state index in [1.807, 2.05) is 40.7 Å². The summed E-state index contributed by atoms with van der Waals surface area (Å²) >= 11 is 0. The van der Waals surface area contributed by atoms with E-state index >= 15 is 0 Å². The summed E-state index contributed by atoms with van der Waals surface area (Å²) in [5.41, 5.74) is 0.557. The van der Waals surface area contributed by atoms with Crippen LogP contribution in [0.25, 0.3) is 0 Å². The number of carbonyl (C=O) groups excluding carboxylic acids is 2. The maximum Gasteiger partial charge on any atom is 0.411 e. The van der Waals surface area contributed by atoms with Gasteiger partial charge in [0.05, 0.1) is 12.6 Å². The molecule has 0 aromatic carbocycles. The summed E-state index contributed by atoms with van der Waals surface area (Å²) in [5, 5.41) is 0. The summed E-state index contributed by atoms with van der Waals surface area (Å²) < 4.78 is 5.48. The van der Waals surface area contributed by atoms with Crippen LogP contribution in [0, 0.1) is 0 Å². The molecule has 22 heavy (non-hydrogen) atoms. The molecule has 126 valence electrons. The monoisotopic (exact) mass is 309 g/mol. The normalized spacial score (nSPS) is 14.0. The minimum atomic E-state index is -0.584.